The van der Waals surface area contributed by atoms with E-state index < -0.39 is 0 Å². The molecule has 0 N–H and O–H groups in total. The molecule has 0 amide bonds. The second kappa shape index (κ2) is 4.53. The first-order valence-electron chi connectivity index (χ1n) is 3.00. The molecule has 0 fully saturated rings. The van der Waals surface area contributed by atoms with Crippen molar-refractivity contribution in [1.29, 1.82) is 0 Å². The van der Waals surface area contributed by atoms with Gasteiger partial charge in [0.05, 0.1) is 8.35 Å². The third-order valence-corrected chi connectivity index (χ3v) is 2.35. The van der Waals surface area contributed by atoms with E-state index in [2.05, 4.69) is 55.2 Å². The lowest BCUT2D eigenvalue weighted by Crippen LogP contribution is -1.90. The molecule has 1 aliphatic heterocycles. The number of nitrogens with zero attached hydrogens (tertiary/aromatic N) is 2. The molecule has 0 unspecified atom stereocenters. The third-order valence-electron chi connectivity index (χ3n) is 1.10. The van der Waals surface area contributed by atoms with Crippen molar-refractivity contribution >= 4 is 57.6 Å². The van der Waals surface area contributed by atoms with Crippen LogP contribution in [0.3, 0.4) is 0 Å². The van der Waals surface area contributed by atoms with E-state index in [-0.39, 0.29) is 0 Å². The van der Waals surface area contributed by atoms with Gasteiger partial charge in [-0.2, -0.15) is 0 Å². The van der Waals surface area contributed by atoms with E-state index in [1.54, 1.807) is 12.4 Å². The van der Waals surface area contributed by atoms with Crippen molar-refractivity contribution in [3.63, 3.8) is 0 Å². The Kier molecular flexibility index (Phi) is 3.97. The van der Waals surface area contributed by atoms with Crippen molar-refractivity contribution in [2.75, 3.05) is 0 Å². The molecule has 54 valence electrons. The number of aliphatic imine (C=N–C) groups is 2. The summed E-state index contributed by atoms with van der Waals surface area (Å²) < 4.78 is 0.689. The van der Waals surface area contributed by atoms with E-state index >= 15 is 0 Å². The predicted octanol–water partition coefficient (Wildman–Crippen LogP) is 2.61. The summed E-state index contributed by atoms with van der Waals surface area (Å²) in [5, 5.41) is 0. The molecule has 2 nitrogen and oxygen atoms in total. The van der Waals surface area contributed by atoms with E-state index in [0.29, 0.717) is 1.93 Å². The molecule has 4 heteroatoms. The van der Waals surface area contributed by atoms with Crippen LogP contribution >= 0.6 is 45.2 Å². The van der Waals surface area contributed by atoms with Crippen LogP contribution in [0.15, 0.2) is 9.98 Å². The highest BCUT2D eigenvalue weighted by Gasteiger charge is 2.16. The maximum atomic E-state index is 4.07. The van der Waals surface area contributed by atoms with Crippen molar-refractivity contribution in [2.45, 2.75) is 14.8 Å². The number of alkyl halides is 2. The first kappa shape index (κ1) is 8.76. The molecule has 10 heavy (non-hydrogen) atoms. The topological polar surface area (TPSA) is 24.7 Å². The minimum Gasteiger partial charge on any atom is -0.0968 e. The van der Waals surface area contributed by atoms with Crippen LogP contribution in [-0.2, 0) is 0 Å². The standard InChI is InChI=1S/C6H7I2N2/c7-5(8)1-2-6-9-3-4-10-6/h3-5H,1-2H2/q+1. The van der Waals surface area contributed by atoms with Gasteiger partial charge in [0, 0.05) is 0 Å². The van der Waals surface area contributed by atoms with E-state index in [9.17, 15) is 0 Å². The summed E-state index contributed by atoms with van der Waals surface area (Å²) in [5.41, 5.74) is 0. The summed E-state index contributed by atoms with van der Waals surface area (Å²) >= 11 is 4.80. The minimum absolute atomic E-state index is 0.689. The Hall–Kier alpha value is 0.670. The minimum atomic E-state index is 0.689. The lowest BCUT2D eigenvalue weighted by atomic mass is 10.3. The molecule has 0 atom stereocenters. The lowest BCUT2D eigenvalue weighted by molar-refractivity contribution is 0.786. The van der Waals surface area contributed by atoms with Crippen LogP contribution in [0, 0.1) is 6.17 Å². The van der Waals surface area contributed by atoms with E-state index in [4.69, 9.17) is 0 Å². The van der Waals surface area contributed by atoms with E-state index in [0.717, 1.165) is 19.0 Å². The Morgan fingerprint density at radius 1 is 1.30 bits per heavy atom. The largest absolute Gasteiger partial charge is 0.240 e. The molecule has 0 bridgehead atoms. The summed E-state index contributed by atoms with van der Waals surface area (Å²) in [4.78, 5) is 8.14. The van der Waals surface area contributed by atoms with Gasteiger partial charge in [0.15, 0.2) is 12.4 Å². The maximum absolute atomic E-state index is 4.07. The van der Waals surface area contributed by atoms with Crippen molar-refractivity contribution in [2.24, 2.45) is 9.98 Å². The van der Waals surface area contributed by atoms with Crippen LogP contribution in [0.2, 0.25) is 0 Å². The Labute approximate surface area is 87.9 Å². The Bertz CT molecular complexity index is 142. The van der Waals surface area contributed by atoms with Gasteiger partial charge in [-0.05, 0) is 6.42 Å². The molecule has 0 saturated carbocycles. The fourth-order valence-corrected chi connectivity index (χ4v) is 1.26. The molecule has 0 aromatic rings. The van der Waals surface area contributed by atoms with Crippen LogP contribution < -0.4 is 0 Å². The molecule has 1 aliphatic rings. The number of halogens is 2. The van der Waals surface area contributed by atoms with Gasteiger partial charge in [-0.1, -0.05) is 55.2 Å². The zero-order valence-electron chi connectivity index (χ0n) is 5.30. The second-order valence-electron chi connectivity index (χ2n) is 1.90. The number of hydrogen-bond acceptors (Lipinski definition) is 2. The Morgan fingerprint density at radius 2 is 1.90 bits per heavy atom. The van der Waals surface area contributed by atoms with Crippen LogP contribution in [0.4, 0.5) is 0 Å². The molecule has 0 radical (unpaired) electrons. The molecule has 0 aromatic carbocycles. The summed E-state index contributed by atoms with van der Waals surface area (Å²) in [6, 6.07) is 0. The second-order valence-corrected chi connectivity index (χ2v) is 7.29. The molecular weight excluding hydrogens is 354 g/mol. The van der Waals surface area contributed by atoms with E-state index in [1.807, 2.05) is 0 Å². The average molecular weight is 361 g/mol. The molecule has 1 heterocycles. The van der Waals surface area contributed by atoms with Gasteiger partial charge in [0.25, 0.3) is 0 Å². The first-order valence-corrected chi connectivity index (χ1v) is 5.49. The van der Waals surface area contributed by atoms with Gasteiger partial charge < -0.3 is 0 Å². The molecule has 0 aliphatic carbocycles. The number of hydrogen-bond donors (Lipinski definition) is 0. The highest BCUT2D eigenvalue weighted by Crippen LogP contribution is 2.22. The van der Waals surface area contributed by atoms with Crippen molar-refractivity contribution in [3.8, 4) is 0 Å². The zero-order chi connectivity index (χ0) is 7.40. The average Bonchev–Trinajstić information content (AvgIpc) is 2.34. The van der Waals surface area contributed by atoms with Gasteiger partial charge >= 0.3 is 0 Å². The Balaban J connectivity index is 2.14. The molecule has 0 spiro atoms. The van der Waals surface area contributed by atoms with Crippen LogP contribution in [0.25, 0.3) is 0 Å². The monoisotopic (exact) mass is 361 g/mol. The normalized spacial score (nSPS) is 15.7. The van der Waals surface area contributed by atoms with Crippen LogP contribution in [0.1, 0.15) is 12.8 Å². The quantitative estimate of drug-likeness (QED) is 0.420. The van der Waals surface area contributed by atoms with Crippen molar-refractivity contribution < 1.29 is 0 Å². The fourth-order valence-electron chi connectivity index (χ4n) is 0.639. The van der Waals surface area contributed by atoms with Crippen molar-refractivity contribution in [1.82, 2.24) is 0 Å². The molecule has 0 saturated heterocycles. The molecule has 0 aromatic heterocycles. The lowest BCUT2D eigenvalue weighted by Gasteiger charge is -1.97. The van der Waals surface area contributed by atoms with Gasteiger partial charge in [0.2, 0.25) is 6.17 Å². The molecule has 1 rings (SSSR count). The SMILES string of the molecule is IC(I)CC[C+]1N=CC=N1. The van der Waals surface area contributed by atoms with Gasteiger partial charge in [-0.25, -0.2) is 0 Å². The number of rotatable bonds is 3. The van der Waals surface area contributed by atoms with E-state index in [1.165, 1.54) is 0 Å². The van der Waals surface area contributed by atoms with Crippen LogP contribution in [-0.4, -0.2) is 14.4 Å². The maximum Gasteiger partial charge on any atom is 0.240 e. The smallest absolute Gasteiger partial charge is 0.0968 e. The van der Waals surface area contributed by atoms with Gasteiger partial charge in [-0.3, -0.25) is 0 Å². The predicted molar refractivity (Wildman–Crippen MR) is 61.3 cm³/mol. The highest BCUT2D eigenvalue weighted by atomic mass is 127. The van der Waals surface area contributed by atoms with Crippen LogP contribution in [0.5, 0.6) is 0 Å². The first-order chi connectivity index (χ1) is 4.79. The highest BCUT2D eigenvalue weighted by molar-refractivity contribution is 14.2. The zero-order valence-corrected chi connectivity index (χ0v) is 9.61. The summed E-state index contributed by atoms with van der Waals surface area (Å²) in [7, 11) is 0. The molecular formula is C6H7I2N2+. The van der Waals surface area contributed by atoms with Gasteiger partial charge in [0.1, 0.15) is 0 Å². The Morgan fingerprint density at radius 3 is 2.40 bits per heavy atom. The summed E-state index contributed by atoms with van der Waals surface area (Å²) in [6.07, 6.45) is 6.61. The summed E-state index contributed by atoms with van der Waals surface area (Å²) in [6.45, 7) is 0. The fraction of sp³-hybridized carbons (Fsp3) is 0.500. The van der Waals surface area contributed by atoms with Crippen molar-refractivity contribution in [3.05, 3.63) is 6.17 Å². The summed E-state index contributed by atoms with van der Waals surface area (Å²) in [5.74, 6) is 0. The van der Waals surface area contributed by atoms with Gasteiger partial charge in [-0.15, -0.1) is 0 Å². The third kappa shape index (κ3) is 3.18.